The number of hydrogen-bond donors (Lipinski definition) is 1. The SMILES string of the molecule is CC1(C)CCCN(c2nc(Cl)ccc2N)CC1. The van der Waals surface area contributed by atoms with E-state index in [2.05, 4.69) is 23.7 Å². The largest absolute Gasteiger partial charge is 0.396 e. The van der Waals surface area contributed by atoms with Crippen LogP contribution in [0.2, 0.25) is 5.15 Å². The first-order valence-corrected chi connectivity index (χ1v) is 6.53. The fraction of sp³-hybridized carbons (Fsp3) is 0.615. The minimum Gasteiger partial charge on any atom is -0.396 e. The molecular formula is C13H20ClN3. The molecule has 17 heavy (non-hydrogen) atoms. The van der Waals surface area contributed by atoms with Crippen molar-refractivity contribution in [3.63, 3.8) is 0 Å². The molecule has 1 aliphatic heterocycles. The topological polar surface area (TPSA) is 42.2 Å². The maximum atomic E-state index is 5.98. The van der Waals surface area contributed by atoms with Gasteiger partial charge in [0, 0.05) is 13.1 Å². The lowest BCUT2D eigenvalue weighted by Gasteiger charge is -2.25. The molecule has 1 aromatic heterocycles. The van der Waals surface area contributed by atoms with Crippen molar-refractivity contribution in [3.8, 4) is 0 Å². The first-order chi connectivity index (χ1) is 7.98. The smallest absolute Gasteiger partial charge is 0.153 e. The molecule has 0 radical (unpaired) electrons. The number of nitrogen functional groups attached to an aromatic ring is 1. The van der Waals surface area contributed by atoms with Crippen LogP contribution in [-0.2, 0) is 0 Å². The fourth-order valence-corrected chi connectivity index (χ4v) is 2.47. The summed E-state index contributed by atoms with van der Waals surface area (Å²) in [6.07, 6.45) is 3.60. The molecule has 1 saturated heterocycles. The standard InChI is InChI=1S/C13H20ClN3/c1-13(2)6-3-8-17(9-7-13)12-10(15)4-5-11(14)16-12/h4-5H,3,6-9,15H2,1-2H3. The van der Waals surface area contributed by atoms with E-state index in [1.54, 1.807) is 6.07 Å². The highest BCUT2D eigenvalue weighted by Gasteiger charge is 2.24. The molecule has 1 aromatic rings. The van der Waals surface area contributed by atoms with Gasteiger partial charge < -0.3 is 10.6 Å². The summed E-state index contributed by atoms with van der Waals surface area (Å²) in [5.41, 5.74) is 7.11. The van der Waals surface area contributed by atoms with Crippen molar-refractivity contribution >= 4 is 23.1 Å². The molecule has 94 valence electrons. The minimum atomic E-state index is 0.419. The molecule has 0 spiro atoms. The van der Waals surface area contributed by atoms with E-state index in [4.69, 9.17) is 17.3 Å². The zero-order valence-corrected chi connectivity index (χ0v) is 11.3. The Balaban J connectivity index is 2.19. The van der Waals surface area contributed by atoms with E-state index < -0.39 is 0 Å². The van der Waals surface area contributed by atoms with Gasteiger partial charge >= 0.3 is 0 Å². The lowest BCUT2D eigenvalue weighted by Crippen LogP contribution is -2.26. The van der Waals surface area contributed by atoms with Crippen LogP contribution < -0.4 is 10.6 Å². The molecule has 1 aliphatic rings. The third-order valence-electron chi connectivity index (χ3n) is 3.51. The number of nitrogens with two attached hydrogens (primary N) is 1. The Morgan fingerprint density at radius 2 is 2.06 bits per heavy atom. The summed E-state index contributed by atoms with van der Waals surface area (Å²) >= 11 is 5.94. The molecular weight excluding hydrogens is 234 g/mol. The van der Waals surface area contributed by atoms with Gasteiger partial charge in [0.25, 0.3) is 0 Å². The molecule has 0 saturated carbocycles. The van der Waals surface area contributed by atoms with Gasteiger partial charge in [-0.15, -0.1) is 0 Å². The predicted molar refractivity (Wildman–Crippen MR) is 73.5 cm³/mol. The summed E-state index contributed by atoms with van der Waals surface area (Å²) in [7, 11) is 0. The van der Waals surface area contributed by atoms with Gasteiger partial charge in [-0.1, -0.05) is 25.4 Å². The lowest BCUT2D eigenvalue weighted by atomic mass is 9.85. The summed E-state index contributed by atoms with van der Waals surface area (Å²) in [6, 6.07) is 3.57. The van der Waals surface area contributed by atoms with Gasteiger partial charge in [0.15, 0.2) is 5.82 Å². The summed E-state index contributed by atoms with van der Waals surface area (Å²) < 4.78 is 0. The Morgan fingerprint density at radius 3 is 2.82 bits per heavy atom. The number of rotatable bonds is 1. The molecule has 2 N–H and O–H groups in total. The molecule has 2 heterocycles. The van der Waals surface area contributed by atoms with E-state index in [0.29, 0.717) is 16.3 Å². The number of aromatic nitrogens is 1. The highest BCUT2D eigenvalue weighted by molar-refractivity contribution is 6.29. The summed E-state index contributed by atoms with van der Waals surface area (Å²) in [6.45, 7) is 6.67. The normalized spacial score (nSPS) is 20.1. The highest BCUT2D eigenvalue weighted by Crippen LogP contribution is 2.32. The molecule has 0 unspecified atom stereocenters. The van der Waals surface area contributed by atoms with Gasteiger partial charge in [-0.25, -0.2) is 4.98 Å². The van der Waals surface area contributed by atoms with E-state index in [1.807, 2.05) is 6.07 Å². The number of pyridine rings is 1. The molecule has 0 aromatic carbocycles. The van der Waals surface area contributed by atoms with Gasteiger partial charge in [0.05, 0.1) is 5.69 Å². The lowest BCUT2D eigenvalue weighted by molar-refractivity contribution is 0.325. The van der Waals surface area contributed by atoms with E-state index >= 15 is 0 Å². The second-order valence-electron chi connectivity index (χ2n) is 5.55. The van der Waals surface area contributed by atoms with Crippen LogP contribution in [0.4, 0.5) is 11.5 Å². The maximum absolute atomic E-state index is 5.98. The number of anilines is 2. The maximum Gasteiger partial charge on any atom is 0.153 e. The van der Waals surface area contributed by atoms with Crippen LogP contribution in [-0.4, -0.2) is 18.1 Å². The Labute approximate surface area is 108 Å². The predicted octanol–water partition coefficient (Wildman–Crippen LogP) is 3.33. The number of hydrogen-bond acceptors (Lipinski definition) is 3. The highest BCUT2D eigenvalue weighted by atomic mass is 35.5. The molecule has 0 bridgehead atoms. The minimum absolute atomic E-state index is 0.419. The first kappa shape index (κ1) is 12.5. The third kappa shape index (κ3) is 3.03. The molecule has 4 heteroatoms. The van der Waals surface area contributed by atoms with Crippen molar-refractivity contribution < 1.29 is 0 Å². The first-order valence-electron chi connectivity index (χ1n) is 6.15. The van der Waals surface area contributed by atoms with Gasteiger partial charge in [-0.3, -0.25) is 0 Å². The third-order valence-corrected chi connectivity index (χ3v) is 3.72. The van der Waals surface area contributed by atoms with Crippen LogP contribution in [0.5, 0.6) is 0 Å². The van der Waals surface area contributed by atoms with Crippen molar-refractivity contribution in [2.75, 3.05) is 23.7 Å². The second-order valence-corrected chi connectivity index (χ2v) is 5.94. The average Bonchev–Trinajstić information content (AvgIpc) is 2.43. The molecule has 0 aliphatic carbocycles. The van der Waals surface area contributed by atoms with Crippen LogP contribution in [0.25, 0.3) is 0 Å². The van der Waals surface area contributed by atoms with Gasteiger partial charge in [0.2, 0.25) is 0 Å². The van der Waals surface area contributed by atoms with Crippen LogP contribution in [0.15, 0.2) is 12.1 Å². The van der Waals surface area contributed by atoms with Crippen molar-refractivity contribution in [2.24, 2.45) is 5.41 Å². The zero-order chi connectivity index (χ0) is 12.5. The van der Waals surface area contributed by atoms with E-state index in [1.165, 1.54) is 19.3 Å². The van der Waals surface area contributed by atoms with Crippen LogP contribution >= 0.6 is 11.6 Å². The van der Waals surface area contributed by atoms with Crippen molar-refractivity contribution in [2.45, 2.75) is 33.1 Å². The average molecular weight is 254 g/mol. The number of nitrogens with zero attached hydrogens (tertiary/aromatic N) is 2. The number of halogens is 1. The Kier molecular flexibility index (Phi) is 3.48. The van der Waals surface area contributed by atoms with Crippen LogP contribution in [0.1, 0.15) is 33.1 Å². The Morgan fingerprint density at radius 1 is 1.29 bits per heavy atom. The van der Waals surface area contributed by atoms with Crippen molar-refractivity contribution in [1.82, 2.24) is 4.98 Å². The zero-order valence-electron chi connectivity index (χ0n) is 10.5. The molecule has 3 nitrogen and oxygen atoms in total. The summed E-state index contributed by atoms with van der Waals surface area (Å²) in [5, 5.41) is 0.512. The molecule has 0 atom stereocenters. The van der Waals surface area contributed by atoms with E-state index in [-0.39, 0.29) is 0 Å². The summed E-state index contributed by atoms with van der Waals surface area (Å²) in [4.78, 5) is 6.61. The van der Waals surface area contributed by atoms with Crippen molar-refractivity contribution in [3.05, 3.63) is 17.3 Å². The van der Waals surface area contributed by atoms with E-state index in [0.717, 1.165) is 18.9 Å². The van der Waals surface area contributed by atoms with E-state index in [9.17, 15) is 0 Å². The summed E-state index contributed by atoms with van der Waals surface area (Å²) in [5.74, 6) is 0.843. The Bertz CT molecular complexity index is 404. The molecule has 2 rings (SSSR count). The van der Waals surface area contributed by atoms with Gasteiger partial charge in [-0.05, 0) is 36.8 Å². The Hall–Kier alpha value is -0.960. The quantitative estimate of drug-likeness (QED) is 0.781. The fourth-order valence-electron chi connectivity index (χ4n) is 2.32. The monoisotopic (exact) mass is 253 g/mol. The molecule has 1 fully saturated rings. The van der Waals surface area contributed by atoms with Gasteiger partial charge in [-0.2, -0.15) is 0 Å². The van der Waals surface area contributed by atoms with Crippen LogP contribution in [0, 0.1) is 5.41 Å². The van der Waals surface area contributed by atoms with Gasteiger partial charge in [0.1, 0.15) is 5.15 Å². The second kappa shape index (κ2) is 4.73. The van der Waals surface area contributed by atoms with Crippen molar-refractivity contribution in [1.29, 1.82) is 0 Å². The van der Waals surface area contributed by atoms with Crippen LogP contribution in [0.3, 0.4) is 0 Å². The molecule has 0 amide bonds.